The second-order valence-corrected chi connectivity index (χ2v) is 5.44. The van der Waals surface area contributed by atoms with Crippen LogP contribution in [0.4, 0.5) is 5.69 Å². The normalized spacial score (nSPS) is 25.7. The SMILES string of the molecule is COC1CC(Nc2cnn(CC(=O)NC3CC3)c2)C1. The van der Waals surface area contributed by atoms with Crippen molar-refractivity contribution in [2.45, 2.75) is 50.4 Å². The van der Waals surface area contributed by atoms with E-state index in [1.807, 2.05) is 6.20 Å². The highest BCUT2D eigenvalue weighted by Crippen LogP contribution is 2.26. The Morgan fingerprint density at radius 1 is 1.47 bits per heavy atom. The highest BCUT2D eigenvalue weighted by molar-refractivity contribution is 5.76. The van der Waals surface area contributed by atoms with Crippen molar-refractivity contribution in [2.24, 2.45) is 0 Å². The maximum Gasteiger partial charge on any atom is 0.241 e. The molecule has 6 nitrogen and oxygen atoms in total. The summed E-state index contributed by atoms with van der Waals surface area (Å²) in [6.45, 7) is 0.295. The number of nitrogens with zero attached hydrogens (tertiary/aromatic N) is 2. The standard InChI is InChI=1S/C13H20N4O2/c1-19-12-4-10(5-12)15-11-6-14-17(7-11)8-13(18)16-9-2-3-9/h6-7,9-10,12,15H,2-5,8H2,1H3,(H,16,18). The number of methoxy groups -OCH3 is 1. The molecular formula is C13H20N4O2. The van der Waals surface area contributed by atoms with Gasteiger partial charge in [-0.2, -0.15) is 5.10 Å². The van der Waals surface area contributed by atoms with Crippen LogP contribution in [0.3, 0.4) is 0 Å². The molecule has 0 aliphatic heterocycles. The lowest BCUT2D eigenvalue weighted by molar-refractivity contribution is -0.122. The molecule has 0 unspecified atom stereocenters. The molecule has 2 fully saturated rings. The Kier molecular flexibility index (Phi) is 3.42. The Balaban J connectivity index is 1.44. The molecule has 2 saturated carbocycles. The van der Waals surface area contributed by atoms with E-state index in [9.17, 15) is 4.79 Å². The first-order valence-corrected chi connectivity index (χ1v) is 6.84. The summed E-state index contributed by atoms with van der Waals surface area (Å²) in [7, 11) is 1.75. The maximum absolute atomic E-state index is 11.6. The van der Waals surface area contributed by atoms with Crippen LogP contribution in [0.1, 0.15) is 25.7 Å². The average Bonchev–Trinajstić information content (AvgIpc) is 3.02. The van der Waals surface area contributed by atoms with Crippen molar-refractivity contribution in [3.63, 3.8) is 0 Å². The molecule has 104 valence electrons. The average molecular weight is 264 g/mol. The number of rotatable bonds is 6. The summed E-state index contributed by atoms with van der Waals surface area (Å²) >= 11 is 0. The van der Waals surface area contributed by atoms with Gasteiger partial charge in [-0.05, 0) is 25.7 Å². The Hall–Kier alpha value is -1.56. The van der Waals surface area contributed by atoms with Crippen molar-refractivity contribution in [1.82, 2.24) is 15.1 Å². The van der Waals surface area contributed by atoms with Gasteiger partial charge in [-0.1, -0.05) is 0 Å². The van der Waals surface area contributed by atoms with Gasteiger partial charge in [-0.15, -0.1) is 0 Å². The summed E-state index contributed by atoms with van der Waals surface area (Å²) < 4.78 is 6.91. The first-order valence-electron chi connectivity index (χ1n) is 6.84. The summed E-state index contributed by atoms with van der Waals surface area (Å²) in [5, 5.41) is 10.5. The summed E-state index contributed by atoms with van der Waals surface area (Å²) in [4.78, 5) is 11.6. The van der Waals surface area contributed by atoms with Crippen LogP contribution in [-0.4, -0.2) is 41.0 Å². The van der Waals surface area contributed by atoms with Gasteiger partial charge in [0.15, 0.2) is 0 Å². The molecular weight excluding hydrogens is 244 g/mol. The highest BCUT2D eigenvalue weighted by Gasteiger charge is 2.29. The van der Waals surface area contributed by atoms with E-state index in [4.69, 9.17) is 4.74 Å². The lowest BCUT2D eigenvalue weighted by Gasteiger charge is -2.34. The molecule has 3 rings (SSSR count). The van der Waals surface area contributed by atoms with Gasteiger partial charge in [-0.25, -0.2) is 0 Å². The fraction of sp³-hybridized carbons (Fsp3) is 0.692. The minimum Gasteiger partial charge on any atom is -0.381 e. The van der Waals surface area contributed by atoms with E-state index in [2.05, 4.69) is 15.7 Å². The predicted octanol–water partition coefficient (Wildman–Crippen LogP) is 0.751. The number of carbonyl (C=O) groups excluding carboxylic acids is 1. The zero-order valence-corrected chi connectivity index (χ0v) is 11.1. The quantitative estimate of drug-likeness (QED) is 0.795. The number of amides is 1. The smallest absolute Gasteiger partial charge is 0.241 e. The van der Waals surface area contributed by atoms with Crippen molar-refractivity contribution in [1.29, 1.82) is 0 Å². The van der Waals surface area contributed by atoms with Gasteiger partial charge in [-0.3, -0.25) is 9.48 Å². The van der Waals surface area contributed by atoms with Crippen LogP contribution < -0.4 is 10.6 Å². The van der Waals surface area contributed by atoms with Gasteiger partial charge in [0.25, 0.3) is 0 Å². The van der Waals surface area contributed by atoms with E-state index in [1.54, 1.807) is 18.0 Å². The second kappa shape index (κ2) is 5.21. The number of anilines is 1. The van der Waals surface area contributed by atoms with E-state index in [0.29, 0.717) is 24.7 Å². The van der Waals surface area contributed by atoms with E-state index < -0.39 is 0 Å². The van der Waals surface area contributed by atoms with Crippen molar-refractivity contribution in [3.8, 4) is 0 Å². The summed E-state index contributed by atoms with van der Waals surface area (Å²) in [5.41, 5.74) is 0.971. The van der Waals surface area contributed by atoms with Crippen molar-refractivity contribution < 1.29 is 9.53 Å². The Labute approximate surface area is 112 Å². The molecule has 0 spiro atoms. The molecule has 2 N–H and O–H groups in total. The number of hydrogen-bond donors (Lipinski definition) is 2. The third-order valence-corrected chi connectivity index (χ3v) is 3.68. The zero-order valence-electron chi connectivity index (χ0n) is 11.1. The molecule has 19 heavy (non-hydrogen) atoms. The molecule has 0 aromatic carbocycles. The Morgan fingerprint density at radius 2 is 2.26 bits per heavy atom. The minimum atomic E-state index is 0.0419. The fourth-order valence-electron chi connectivity index (χ4n) is 2.28. The molecule has 1 aromatic heterocycles. The van der Waals surface area contributed by atoms with Crippen molar-refractivity contribution >= 4 is 11.6 Å². The zero-order chi connectivity index (χ0) is 13.2. The van der Waals surface area contributed by atoms with E-state index in [0.717, 1.165) is 31.4 Å². The molecule has 1 aromatic rings. The van der Waals surface area contributed by atoms with Crippen molar-refractivity contribution in [3.05, 3.63) is 12.4 Å². The van der Waals surface area contributed by atoms with Crippen molar-refractivity contribution in [2.75, 3.05) is 12.4 Å². The number of nitrogens with one attached hydrogen (secondary N) is 2. The molecule has 1 heterocycles. The van der Waals surface area contributed by atoms with E-state index >= 15 is 0 Å². The Morgan fingerprint density at radius 3 is 2.95 bits per heavy atom. The largest absolute Gasteiger partial charge is 0.381 e. The van der Waals surface area contributed by atoms with Crippen LogP contribution in [0.2, 0.25) is 0 Å². The molecule has 0 atom stereocenters. The number of ether oxygens (including phenoxy) is 1. The molecule has 2 aliphatic carbocycles. The summed E-state index contributed by atoms with van der Waals surface area (Å²) in [6, 6.07) is 0.865. The van der Waals surface area contributed by atoms with E-state index in [-0.39, 0.29) is 5.91 Å². The van der Waals surface area contributed by atoms with Gasteiger partial charge in [0.2, 0.25) is 5.91 Å². The molecule has 0 radical (unpaired) electrons. The van der Waals surface area contributed by atoms with Gasteiger partial charge < -0.3 is 15.4 Å². The second-order valence-electron chi connectivity index (χ2n) is 5.44. The van der Waals surface area contributed by atoms with Crippen LogP contribution in [0, 0.1) is 0 Å². The van der Waals surface area contributed by atoms with Crippen LogP contribution in [-0.2, 0) is 16.1 Å². The summed E-state index contributed by atoms with van der Waals surface area (Å²) in [5.74, 6) is 0.0419. The van der Waals surface area contributed by atoms with Gasteiger partial charge in [0.1, 0.15) is 6.54 Å². The van der Waals surface area contributed by atoms with Crippen LogP contribution in [0.25, 0.3) is 0 Å². The maximum atomic E-state index is 11.6. The molecule has 0 saturated heterocycles. The topological polar surface area (TPSA) is 68.2 Å². The third-order valence-electron chi connectivity index (χ3n) is 3.68. The van der Waals surface area contributed by atoms with Gasteiger partial charge in [0, 0.05) is 25.4 Å². The van der Waals surface area contributed by atoms with Crippen LogP contribution in [0.5, 0.6) is 0 Å². The fourth-order valence-corrected chi connectivity index (χ4v) is 2.28. The van der Waals surface area contributed by atoms with Gasteiger partial charge >= 0.3 is 0 Å². The monoisotopic (exact) mass is 264 g/mol. The summed E-state index contributed by atoms with van der Waals surface area (Å²) in [6.07, 6.45) is 8.32. The molecule has 6 heteroatoms. The third kappa shape index (κ3) is 3.26. The van der Waals surface area contributed by atoms with Gasteiger partial charge in [0.05, 0.1) is 18.0 Å². The molecule has 1 amide bonds. The predicted molar refractivity (Wildman–Crippen MR) is 70.8 cm³/mol. The lowest BCUT2D eigenvalue weighted by Crippen LogP contribution is -2.40. The number of carbonyl (C=O) groups is 1. The highest BCUT2D eigenvalue weighted by atomic mass is 16.5. The lowest BCUT2D eigenvalue weighted by atomic mass is 9.89. The van der Waals surface area contributed by atoms with Crippen LogP contribution >= 0.6 is 0 Å². The van der Waals surface area contributed by atoms with Crippen LogP contribution in [0.15, 0.2) is 12.4 Å². The minimum absolute atomic E-state index is 0.0419. The Bertz CT molecular complexity index is 449. The van der Waals surface area contributed by atoms with E-state index in [1.165, 1.54) is 0 Å². The first-order chi connectivity index (χ1) is 9.22. The first kappa shape index (κ1) is 12.5. The molecule has 2 aliphatic rings. The number of aromatic nitrogens is 2. The molecule has 0 bridgehead atoms. The number of hydrogen-bond acceptors (Lipinski definition) is 4.